The molecule has 0 radical (unpaired) electrons. The van der Waals surface area contributed by atoms with Crippen molar-refractivity contribution in [3.63, 3.8) is 0 Å². The van der Waals surface area contributed by atoms with Gasteiger partial charge in [-0.2, -0.15) is 0 Å². The number of carbonyl (C=O) groups excluding carboxylic acids is 4. The first kappa shape index (κ1) is 118. The Morgan fingerprint density at radius 1 is 0.425 bits per heavy atom. The van der Waals surface area contributed by atoms with Gasteiger partial charge in [-0.25, -0.2) is 14.4 Å². The summed E-state index contributed by atoms with van der Waals surface area (Å²) in [6.07, 6.45) is -44.4. The van der Waals surface area contributed by atoms with Crippen molar-refractivity contribution in [3.05, 3.63) is 84.6 Å². The fourth-order valence-electron chi connectivity index (χ4n) is 24.2. The summed E-state index contributed by atoms with van der Waals surface area (Å²) >= 11 is 0. The number of allylic oxidation sites excluding steroid dienone is 5. The van der Waals surface area contributed by atoms with Crippen LogP contribution in [0.3, 0.4) is 0 Å². The van der Waals surface area contributed by atoms with Crippen LogP contribution < -0.4 is 0 Å². The summed E-state index contributed by atoms with van der Waals surface area (Å²) in [6.45, 7) is 33.4. The van der Waals surface area contributed by atoms with Crippen molar-refractivity contribution in [1.82, 2.24) is 0 Å². The quantitative estimate of drug-likeness (QED) is 0.0130. The van der Waals surface area contributed by atoms with E-state index < -0.39 is 336 Å². The number of carbonyl (C=O) groups is 4. The van der Waals surface area contributed by atoms with Gasteiger partial charge in [0.05, 0.1) is 74.1 Å². The summed E-state index contributed by atoms with van der Waals surface area (Å²) in [5.41, 5.74) is -6.62. The average molecular weight is 2090 g/mol. The zero-order valence-corrected chi connectivity index (χ0v) is 85.8. The number of rotatable bonds is 36. The van der Waals surface area contributed by atoms with Crippen LogP contribution in [0.2, 0.25) is 0 Å². The highest BCUT2D eigenvalue weighted by Crippen LogP contribution is 2.76. The first-order valence-corrected chi connectivity index (χ1v) is 51.1. The number of aliphatic hydroxyl groups is 20. The Balaban J connectivity index is 0.766. The lowest BCUT2D eigenvalue weighted by Gasteiger charge is -2.71. The molecule has 830 valence electrons. The lowest BCUT2D eigenvalue weighted by Crippen LogP contribution is -2.67. The summed E-state index contributed by atoms with van der Waals surface area (Å²) in [5, 5.41) is 223. The van der Waals surface area contributed by atoms with Crippen LogP contribution in [0.15, 0.2) is 84.6 Å². The predicted molar refractivity (Wildman–Crippen MR) is 505 cm³/mol. The minimum atomic E-state index is -2.21. The lowest BCUT2D eigenvalue weighted by molar-refractivity contribution is -0.379. The Labute approximate surface area is 850 Å². The molecule has 0 unspecified atom stereocenters. The average Bonchev–Trinajstić information content (AvgIpc) is 0.672. The lowest BCUT2D eigenvalue weighted by atomic mass is 9.33. The van der Waals surface area contributed by atoms with Crippen LogP contribution in [-0.2, 0) is 109 Å². The van der Waals surface area contributed by atoms with Gasteiger partial charge in [0.1, 0.15) is 147 Å². The van der Waals surface area contributed by atoms with Gasteiger partial charge in [-0.3, -0.25) is 4.79 Å². The summed E-state index contributed by atoms with van der Waals surface area (Å²) in [5.74, 6) is -4.24. The highest BCUT2D eigenvalue weighted by atomic mass is 16.8. The Morgan fingerprint density at radius 2 is 0.897 bits per heavy atom. The largest absolute Gasteiger partial charge is 0.459 e. The van der Waals surface area contributed by atoms with Gasteiger partial charge in [0, 0.05) is 16.7 Å². The van der Waals surface area contributed by atoms with E-state index in [4.69, 9.17) is 90.0 Å². The predicted octanol–water partition coefficient (Wildman–Crippen LogP) is 0.128. The van der Waals surface area contributed by atoms with E-state index in [2.05, 4.69) is 74.3 Å². The minimum Gasteiger partial charge on any atom is -0.459 e. The molecule has 0 bridgehead atoms. The van der Waals surface area contributed by atoms with Gasteiger partial charge in [-0.15, -0.1) is 19.7 Å². The molecule has 146 heavy (non-hydrogen) atoms. The molecule has 43 nitrogen and oxygen atoms in total. The Morgan fingerprint density at radius 3 is 1.48 bits per heavy atom. The SMILES string of the molecule is C=C[C@@](C)(O)CC/C=C(\C)C(=O)O[C@H]1[C@H](O[C@](C)(C=C)CC/C=C(\C)C(=O)OC[C@H]2O[C@@H](OC(=O)[C@]34CCC(C)(C)C[C@H]3C3=CC[C@@H]5[C@@]6(C)CC[C@H](O[C@@H]7O[C@H](CO[C@@H]8OC[C@H](O)[C@H](O)[C@H]8O[C@@H]8OC[C@@H](O)[C@H](O)[C@H]8O)[C@@H](O)[C@H](O)[C@H]7O)C(C)(C)[C@@H]6CC[C@@]5(C)[C@]3(C)CC4)[C@H](O[C@@H]3O[C@@H](C)[C@H](O[C@@H]4OC[C@@H](O)[C@H](O[C@@H]5OC[C@@H](O)[C@H](O)[C@H]5O)[C@H]4O)[C@@H](O)[C@H]3O)[C@@H](OC(=O)/C(C)=C/CC[C@](C)(O)C=C)[C@@H]2O)OC[C@@H](O)[C@@H]1O. The van der Waals surface area contributed by atoms with Crippen LogP contribution in [0, 0.1) is 50.2 Å². The van der Waals surface area contributed by atoms with Crippen molar-refractivity contribution in [2.45, 2.75) is 438 Å². The molecule has 0 aromatic rings. The minimum absolute atomic E-state index is 0.00210. The van der Waals surface area contributed by atoms with Crippen molar-refractivity contribution in [1.29, 1.82) is 0 Å². The molecule has 0 spiro atoms. The van der Waals surface area contributed by atoms with Crippen molar-refractivity contribution in [2.24, 2.45) is 50.2 Å². The van der Waals surface area contributed by atoms with Gasteiger partial charge in [0.15, 0.2) is 62.3 Å². The van der Waals surface area contributed by atoms with Crippen molar-refractivity contribution >= 4 is 23.9 Å². The summed E-state index contributed by atoms with van der Waals surface area (Å²) in [6, 6.07) is 0. The van der Waals surface area contributed by atoms with E-state index in [-0.39, 0.29) is 90.8 Å². The molecule has 0 aromatic carbocycles. The Bertz CT molecular complexity index is 4580. The molecule has 4 saturated carbocycles. The fraction of sp³-hybridized carbons (Fsp3) is 0.825. The molecule has 0 aromatic heterocycles. The van der Waals surface area contributed by atoms with Crippen LogP contribution in [0.25, 0.3) is 0 Å². The molecule has 8 saturated heterocycles. The van der Waals surface area contributed by atoms with Crippen LogP contribution in [0.4, 0.5) is 0 Å². The first-order chi connectivity index (χ1) is 68.3. The van der Waals surface area contributed by atoms with Crippen molar-refractivity contribution < 1.29 is 211 Å². The third-order valence-electron chi connectivity index (χ3n) is 34.2. The third kappa shape index (κ3) is 24.8. The van der Waals surface area contributed by atoms with E-state index in [9.17, 15) is 117 Å². The molecule has 13 rings (SSSR count). The van der Waals surface area contributed by atoms with Gasteiger partial charge in [-0.1, -0.05) is 96.6 Å². The molecule has 5 aliphatic carbocycles. The summed E-state index contributed by atoms with van der Waals surface area (Å²) in [7, 11) is 0. The van der Waals surface area contributed by atoms with Crippen molar-refractivity contribution in [2.75, 3.05) is 46.2 Å². The molecule has 13 aliphatic rings. The number of fused-ring (bicyclic) bond motifs is 7. The van der Waals surface area contributed by atoms with E-state index in [0.717, 1.165) is 5.57 Å². The topological polar surface area (TPSA) is 648 Å². The molecule has 46 atom stereocenters. The number of hydrogen-bond acceptors (Lipinski definition) is 43. The third-order valence-corrected chi connectivity index (χ3v) is 34.2. The standard InChI is InChI=1S/C103H160O43/c1-18-97(12,126)31-21-24-49(5)84(123)139-79-69(114)60(46-128-83(122)48(4)26-23-33-99(14,20-3)146-92-81(67(112)57(107)44-133-92)140-85(124)50(6)25-22-32-98(13,127)19-2)137-93(82(79)144-89-75(120)71(116)77(51(7)135-89)141-88-76(121)78(58(108)45-131-88)142-86-72(117)64(109)54(104)41-129-86)145-94(125)103-38-36-95(8,9)40-53(103)52-27-28-62-100(15)34-30-63(96(10,11)61(100)29-35-102(62,17)101(52,16)37-39-103)138-90-74(119)70(115)68(113)59(136-90)47-134-91-80(66(111)56(106)43-132-91)143-87-73(118)65(110)55(105)42-130-87/h18-20,24-27,51,53-82,86-93,104-121,126-127H,1-3,21-23,28-47H2,4-17H3/b48-26+,49-24+,50-25+/t51-,53-,54+,55+,56-,57+,58+,59+,60+,61-,62+,63-,64-,65-,66-,67-,68+,69+,70-,71-,72+,73+,74+,75+,76+,77-,78-,79-,80+,81+,82+,86-,87-,88-,89-,90-,91-,92-,93-,97+,98+,99+,100-,101+,102+,103-/m0/s1. The second-order valence-corrected chi connectivity index (χ2v) is 45.4. The Kier molecular flexibility index (Phi) is 38.0. The molecule has 12 fully saturated rings. The van der Waals surface area contributed by atoms with Gasteiger partial charge < -0.3 is 192 Å². The second-order valence-electron chi connectivity index (χ2n) is 45.4. The van der Waals surface area contributed by atoms with Gasteiger partial charge in [0.2, 0.25) is 6.29 Å². The zero-order chi connectivity index (χ0) is 107. The first-order valence-electron chi connectivity index (χ1n) is 51.1. The number of aliphatic hydroxyl groups excluding tert-OH is 18. The number of esters is 4. The smallest absolute Gasteiger partial charge is 0.333 e. The summed E-state index contributed by atoms with van der Waals surface area (Å²) in [4.78, 5) is 59.7. The molecule has 8 heterocycles. The van der Waals surface area contributed by atoms with Crippen LogP contribution in [0.1, 0.15) is 200 Å². The number of hydrogen-bond donors (Lipinski definition) is 20. The molecule has 43 heteroatoms. The Hall–Kier alpha value is -5.34. The second kappa shape index (κ2) is 47.1. The maximum Gasteiger partial charge on any atom is 0.333 e. The van der Waals surface area contributed by atoms with E-state index in [1.165, 1.54) is 65.0 Å². The van der Waals surface area contributed by atoms with Crippen LogP contribution >= 0.6 is 0 Å². The van der Waals surface area contributed by atoms with E-state index in [0.29, 0.717) is 51.4 Å². The van der Waals surface area contributed by atoms with Crippen molar-refractivity contribution in [3.8, 4) is 0 Å². The molecular weight excluding hydrogens is 1930 g/mol. The maximum atomic E-state index is 16.8. The molecule has 8 aliphatic heterocycles. The molecule has 20 N–H and O–H groups in total. The van der Waals surface area contributed by atoms with Gasteiger partial charge in [-0.05, 0) is 196 Å². The highest BCUT2D eigenvalue weighted by molar-refractivity contribution is 5.89. The van der Waals surface area contributed by atoms with Gasteiger partial charge in [0.25, 0.3) is 0 Å². The number of ether oxygens (including phenoxy) is 19. The van der Waals surface area contributed by atoms with E-state index in [1.54, 1.807) is 19.9 Å². The normalized spacial score (nSPS) is 45.5. The monoisotopic (exact) mass is 2090 g/mol. The maximum absolute atomic E-state index is 16.8. The van der Waals surface area contributed by atoms with Crippen LogP contribution in [0.5, 0.6) is 0 Å². The van der Waals surface area contributed by atoms with E-state index in [1.807, 2.05) is 0 Å². The summed E-state index contributed by atoms with van der Waals surface area (Å²) < 4.78 is 116. The molecular formula is C103H160O43. The fourth-order valence-corrected chi connectivity index (χ4v) is 24.2. The van der Waals surface area contributed by atoms with E-state index >= 15 is 4.79 Å². The van der Waals surface area contributed by atoms with Gasteiger partial charge >= 0.3 is 23.9 Å². The highest BCUT2D eigenvalue weighted by Gasteiger charge is 2.71. The zero-order valence-electron chi connectivity index (χ0n) is 85.8. The molecule has 0 amide bonds. The van der Waals surface area contributed by atoms with Crippen LogP contribution in [-0.4, -0.2) is 410 Å².